The maximum Gasteiger partial charge on any atom is 0.261 e. The molecule has 0 saturated carbocycles. The Bertz CT molecular complexity index is 711. The number of amides is 1. The Morgan fingerprint density at radius 1 is 1.04 bits per heavy atom. The summed E-state index contributed by atoms with van der Waals surface area (Å²) in [5, 5.41) is 6.44. The first-order chi connectivity index (χ1) is 11.3. The molecule has 0 unspecified atom stereocenters. The number of thiophene rings is 1. The van der Waals surface area contributed by atoms with Gasteiger partial charge in [0.1, 0.15) is 0 Å². The molecule has 0 bridgehead atoms. The van der Waals surface area contributed by atoms with Crippen molar-refractivity contribution in [2.24, 2.45) is 0 Å². The maximum absolute atomic E-state index is 12.4. The summed E-state index contributed by atoms with van der Waals surface area (Å²) in [6.07, 6.45) is 6.11. The molecular weight excluding hydrogens is 304 g/mol. The zero-order valence-electron chi connectivity index (χ0n) is 13.3. The first kappa shape index (κ1) is 14.9. The highest BCUT2D eigenvalue weighted by Crippen LogP contribution is 2.29. The van der Waals surface area contributed by atoms with E-state index in [1.165, 1.54) is 46.4 Å². The van der Waals surface area contributed by atoms with E-state index in [2.05, 4.69) is 34.9 Å². The molecule has 1 aliphatic heterocycles. The number of benzene rings is 1. The zero-order valence-corrected chi connectivity index (χ0v) is 14.1. The molecular formula is C19H22N2OS. The molecule has 2 aromatic rings. The molecule has 1 aromatic heterocycles. The second-order valence-electron chi connectivity index (χ2n) is 6.51. The third-order valence-electron chi connectivity index (χ3n) is 4.83. The van der Waals surface area contributed by atoms with Gasteiger partial charge >= 0.3 is 0 Å². The summed E-state index contributed by atoms with van der Waals surface area (Å²) in [5.41, 5.74) is 5.32. The molecule has 3 nitrogen and oxygen atoms in total. The van der Waals surface area contributed by atoms with E-state index in [0.717, 1.165) is 30.8 Å². The van der Waals surface area contributed by atoms with Gasteiger partial charge in [0, 0.05) is 24.5 Å². The predicted molar refractivity (Wildman–Crippen MR) is 93.7 cm³/mol. The summed E-state index contributed by atoms with van der Waals surface area (Å²) >= 11 is 1.69. The molecule has 2 heterocycles. The van der Waals surface area contributed by atoms with Gasteiger partial charge in [-0.25, -0.2) is 0 Å². The van der Waals surface area contributed by atoms with Crippen molar-refractivity contribution in [2.45, 2.75) is 51.7 Å². The van der Waals surface area contributed by atoms with Crippen molar-refractivity contribution in [3.8, 4) is 0 Å². The minimum absolute atomic E-state index is 0.0710. The standard InChI is InChI=1S/C19H22N2OS/c22-19(18-9-14-4-2-1-3-5-17(14)23-18)21-10-13-6-7-15-11-20-12-16(15)8-13/h6-9,20H,1-5,10-12H2,(H,21,22). The summed E-state index contributed by atoms with van der Waals surface area (Å²) in [6, 6.07) is 8.62. The van der Waals surface area contributed by atoms with Gasteiger partial charge in [0.25, 0.3) is 5.91 Å². The molecule has 2 N–H and O–H groups in total. The van der Waals surface area contributed by atoms with E-state index in [-0.39, 0.29) is 5.91 Å². The highest BCUT2D eigenvalue weighted by Gasteiger charge is 2.16. The summed E-state index contributed by atoms with van der Waals surface area (Å²) < 4.78 is 0. The first-order valence-electron chi connectivity index (χ1n) is 8.51. The quantitative estimate of drug-likeness (QED) is 0.847. The predicted octanol–water partition coefficient (Wildman–Crippen LogP) is 3.55. The van der Waals surface area contributed by atoms with Crippen LogP contribution in [0, 0.1) is 0 Å². The first-order valence-corrected chi connectivity index (χ1v) is 9.32. The number of carbonyl (C=O) groups is 1. The molecule has 1 amide bonds. The van der Waals surface area contributed by atoms with Crippen LogP contribution in [0.4, 0.5) is 0 Å². The van der Waals surface area contributed by atoms with Crippen molar-refractivity contribution in [2.75, 3.05) is 0 Å². The summed E-state index contributed by atoms with van der Waals surface area (Å²) in [6.45, 7) is 2.51. The molecule has 0 fully saturated rings. The topological polar surface area (TPSA) is 41.1 Å². The maximum atomic E-state index is 12.4. The highest BCUT2D eigenvalue weighted by atomic mass is 32.1. The second kappa shape index (κ2) is 6.46. The van der Waals surface area contributed by atoms with Crippen LogP contribution in [-0.4, -0.2) is 5.91 Å². The van der Waals surface area contributed by atoms with Crippen LogP contribution in [0.1, 0.15) is 56.1 Å². The zero-order chi connectivity index (χ0) is 15.6. The molecule has 0 saturated heterocycles. The van der Waals surface area contributed by atoms with Crippen molar-refractivity contribution in [3.05, 3.63) is 56.3 Å². The van der Waals surface area contributed by atoms with Gasteiger partial charge in [-0.2, -0.15) is 0 Å². The number of aryl methyl sites for hydroxylation is 2. The summed E-state index contributed by atoms with van der Waals surface area (Å²) in [5.74, 6) is 0.0710. The number of hydrogen-bond donors (Lipinski definition) is 2. The van der Waals surface area contributed by atoms with E-state index in [0.29, 0.717) is 6.54 Å². The molecule has 0 spiro atoms. The Kier molecular flexibility index (Phi) is 4.19. The highest BCUT2D eigenvalue weighted by molar-refractivity contribution is 7.14. The van der Waals surface area contributed by atoms with E-state index < -0.39 is 0 Å². The normalized spacial score (nSPS) is 16.5. The number of carbonyl (C=O) groups excluding carboxylic acids is 1. The van der Waals surface area contributed by atoms with Crippen molar-refractivity contribution >= 4 is 17.2 Å². The van der Waals surface area contributed by atoms with Crippen LogP contribution in [0.5, 0.6) is 0 Å². The SMILES string of the molecule is O=C(NCc1ccc2c(c1)CNC2)c1cc2c(s1)CCCCC2. The van der Waals surface area contributed by atoms with Crippen LogP contribution < -0.4 is 10.6 Å². The summed E-state index contributed by atoms with van der Waals surface area (Å²) in [7, 11) is 0. The lowest BCUT2D eigenvalue weighted by Gasteiger charge is -2.06. The Morgan fingerprint density at radius 3 is 2.87 bits per heavy atom. The fourth-order valence-corrected chi connectivity index (χ4v) is 4.68. The molecule has 1 aromatic carbocycles. The van der Waals surface area contributed by atoms with Crippen LogP contribution in [0.15, 0.2) is 24.3 Å². The third kappa shape index (κ3) is 3.19. The van der Waals surface area contributed by atoms with Crippen molar-refractivity contribution in [1.29, 1.82) is 0 Å². The van der Waals surface area contributed by atoms with E-state index in [1.807, 2.05) is 0 Å². The van der Waals surface area contributed by atoms with Crippen LogP contribution in [0.2, 0.25) is 0 Å². The molecule has 0 atom stereocenters. The van der Waals surface area contributed by atoms with Gasteiger partial charge in [0.15, 0.2) is 0 Å². The molecule has 120 valence electrons. The van der Waals surface area contributed by atoms with Crippen molar-refractivity contribution in [1.82, 2.24) is 10.6 Å². The molecule has 2 aliphatic rings. The van der Waals surface area contributed by atoms with Crippen LogP contribution in [-0.2, 0) is 32.5 Å². The average Bonchev–Trinajstić information content (AvgIpc) is 3.14. The van der Waals surface area contributed by atoms with Gasteiger partial charge in [-0.3, -0.25) is 4.79 Å². The largest absolute Gasteiger partial charge is 0.347 e. The van der Waals surface area contributed by atoms with Crippen LogP contribution in [0.25, 0.3) is 0 Å². The van der Waals surface area contributed by atoms with E-state index in [4.69, 9.17) is 0 Å². The number of nitrogens with one attached hydrogen (secondary N) is 2. The summed E-state index contributed by atoms with van der Waals surface area (Å²) in [4.78, 5) is 14.7. The fraction of sp³-hybridized carbons (Fsp3) is 0.421. The molecule has 0 radical (unpaired) electrons. The Balaban J connectivity index is 1.42. The van der Waals surface area contributed by atoms with E-state index in [9.17, 15) is 4.79 Å². The molecule has 23 heavy (non-hydrogen) atoms. The number of rotatable bonds is 3. The van der Waals surface area contributed by atoms with Crippen molar-refractivity contribution < 1.29 is 4.79 Å². The van der Waals surface area contributed by atoms with Gasteiger partial charge < -0.3 is 10.6 Å². The Labute approximate surface area is 141 Å². The lowest BCUT2D eigenvalue weighted by Crippen LogP contribution is -2.21. The minimum atomic E-state index is 0.0710. The van der Waals surface area contributed by atoms with E-state index in [1.54, 1.807) is 11.3 Å². The second-order valence-corrected chi connectivity index (χ2v) is 7.65. The minimum Gasteiger partial charge on any atom is -0.347 e. The third-order valence-corrected chi connectivity index (χ3v) is 6.06. The van der Waals surface area contributed by atoms with Gasteiger partial charge in [-0.05, 0) is 54.0 Å². The number of fused-ring (bicyclic) bond motifs is 2. The number of hydrogen-bond acceptors (Lipinski definition) is 3. The lowest BCUT2D eigenvalue weighted by atomic mass is 10.1. The fourth-order valence-electron chi connectivity index (χ4n) is 3.51. The van der Waals surface area contributed by atoms with Crippen LogP contribution >= 0.6 is 11.3 Å². The van der Waals surface area contributed by atoms with Gasteiger partial charge in [-0.1, -0.05) is 24.6 Å². The molecule has 1 aliphatic carbocycles. The van der Waals surface area contributed by atoms with Gasteiger partial charge in [0.2, 0.25) is 0 Å². The molecule has 4 heteroatoms. The van der Waals surface area contributed by atoms with Crippen LogP contribution in [0.3, 0.4) is 0 Å². The van der Waals surface area contributed by atoms with Crippen molar-refractivity contribution in [3.63, 3.8) is 0 Å². The van der Waals surface area contributed by atoms with Gasteiger partial charge in [-0.15, -0.1) is 11.3 Å². The van der Waals surface area contributed by atoms with Gasteiger partial charge in [0.05, 0.1) is 4.88 Å². The average molecular weight is 326 g/mol. The Hall–Kier alpha value is -1.65. The van der Waals surface area contributed by atoms with E-state index >= 15 is 0 Å². The Morgan fingerprint density at radius 2 is 1.91 bits per heavy atom. The smallest absolute Gasteiger partial charge is 0.261 e. The lowest BCUT2D eigenvalue weighted by molar-refractivity contribution is 0.0955. The molecule has 4 rings (SSSR count). The monoisotopic (exact) mass is 326 g/mol.